The van der Waals surface area contributed by atoms with E-state index in [2.05, 4.69) is 32.1 Å². The Labute approximate surface area is 101 Å². The molecular weight excluding hydrogens is 192 g/mol. The van der Waals surface area contributed by atoms with E-state index in [1.165, 1.54) is 44.9 Å². The highest BCUT2D eigenvalue weighted by Crippen LogP contribution is 2.43. The minimum absolute atomic E-state index is 0.826. The third kappa shape index (κ3) is 2.78. The molecule has 0 heteroatoms. The van der Waals surface area contributed by atoms with Gasteiger partial charge in [-0.3, -0.25) is 0 Å². The number of allylic oxidation sites excluding steroid dienone is 4. The maximum atomic E-state index is 2.45. The highest BCUT2D eigenvalue weighted by molar-refractivity contribution is 5.22. The summed E-state index contributed by atoms with van der Waals surface area (Å²) >= 11 is 0. The van der Waals surface area contributed by atoms with Gasteiger partial charge >= 0.3 is 0 Å². The molecule has 1 saturated carbocycles. The van der Waals surface area contributed by atoms with Crippen molar-refractivity contribution >= 4 is 0 Å². The molecule has 0 aliphatic heterocycles. The minimum atomic E-state index is 0.826. The molecule has 2 aliphatic rings. The van der Waals surface area contributed by atoms with Crippen molar-refractivity contribution in [1.29, 1.82) is 0 Å². The Kier molecular flexibility index (Phi) is 4.26. The van der Waals surface area contributed by atoms with Gasteiger partial charge in [0, 0.05) is 0 Å². The van der Waals surface area contributed by atoms with E-state index in [1.54, 1.807) is 5.57 Å². The van der Waals surface area contributed by atoms with Gasteiger partial charge in [-0.15, -0.1) is 0 Å². The molecule has 0 heterocycles. The molecule has 2 atom stereocenters. The van der Waals surface area contributed by atoms with Crippen LogP contribution in [0.15, 0.2) is 23.8 Å². The average Bonchev–Trinajstić information content (AvgIpc) is 2.67. The Bertz CT molecular complexity index is 270. The van der Waals surface area contributed by atoms with E-state index in [4.69, 9.17) is 0 Å². The number of fused-ring (bicyclic) bond motifs is 1. The molecule has 16 heavy (non-hydrogen) atoms. The summed E-state index contributed by atoms with van der Waals surface area (Å²) in [6, 6.07) is 0. The van der Waals surface area contributed by atoms with Crippen molar-refractivity contribution in [3.8, 4) is 0 Å². The van der Waals surface area contributed by atoms with E-state index in [1.807, 2.05) is 0 Å². The van der Waals surface area contributed by atoms with Gasteiger partial charge < -0.3 is 0 Å². The molecule has 90 valence electrons. The quantitative estimate of drug-likeness (QED) is 0.573. The molecule has 0 amide bonds. The van der Waals surface area contributed by atoms with Gasteiger partial charge in [0.1, 0.15) is 0 Å². The van der Waals surface area contributed by atoms with Crippen LogP contribution >= 0.6 is 0 Å². The van der Waals surface area contributed by atoms with Gasteiger partial charge in [-0.1, -0.05) is 50.5 Å². The summed E-state index contributed by atoms with van der Waals surface area (Å²) in [4.78, 5) is 0. The fourth-order valence-corrected chi connectivity index (χ4v) is 3.41. The lowest BCUT2D eigenvalue weighted by Gasteiger charge is -2.20. The summed E-state index contributed by atoms with van der Waals surface area (Å²) in [5.41, 5.74) is 1.77. The fraction of sp³-hybridized carbons (Fsp3) is 0.750. The topological polar surface area (TPSA) is 0 Å². The molecular formula is C16H26. The van der Waals surface area contributed by atoms with Crippen LogP contribution in [0.1, 0.15) is 58.8 Å². The Balaban J connectivity index is 2.14. The molecule has 0 aromatic carbocycles. The molecule has 0 nitrogen and oxygen atoms in total. The van der Waals surface area contributed by atoms with Gasteiger partial charge in [-0.25, -0.2) is 0 Å². The van der Waals surface area contributed by atoms with Crippen molar-refractivity contribution in [2.45, 2.75) is 58.8 Å². The van der Waals surface area contributed by atoms with Crippen molar-refractivity contribution in [2.24, 2.45) is 17.8 Å². The predicted octanol–water partition coefficient (Wildman–Crippen LogP) is 5.12. The minimum Gasteiger partial charge on any atom is -0.0845 e. The summed E-state index contributed by atoms with van der Waals surface area (Å²) < 4.78 is 0. The summed E-state index contributed by atoms with van der Waals surface area (Å²) in [5, 5.41) is 0. The van der Waals surface area contributed by atoms with E-state index in [0.717, 1.165) is 17.8 Å². The molecule has 1 fully saturated rings. The van der Waals surface area contributed by atoms with Crippen LogP contribution in [-0.4, -0.2) is 0 Å². The highest BCUT2D eigenvalue weighted by Gasteiger charge is 2.31. The molecule has 0 N–H and O–H groups in total. The Hall–Kier alpha value is -0.520. The highest BCUT2D eigenvalue weighted by atomic mass is 14.4. The molecule has 0 saturated heterocycles. The third-order valence-corrected chi connectivity index (χ3v) is 4.38. The first-order valence-electron chi connectivity index (χ1n) is 7.15. The maximum Gasteiger partial charge on any atom is -0.0174 e. The zero-order valence-corrected chi connectivity index (χ0v) is 10.9. The largest absolute Gasteiger partial charge is 0.0845 e. The van der Waals surface area contributed by atoms with Gasteiger partial charge in [0.05, 0.1) is 0 Å². The lowest BCUT2D eigenvalue weighted by Crippen LogP contribution is -2.09. The van der Waals surface area contributed by atoms with Crippen LogP contribution in [-0.2, 0) is 0 Å². The van der Waals surface area contributed by atoms with Gasteiger partial charge in [-0.2, -0.15) is 0 Å². The number of hydrogen-bond acceptors (Lipinski definition) is 0. The maximum absolute atomic E-state index is 2.45. The second-order valence-electron chi connectivity index (χ2n) is 5.86. The summed E-state index contributed by atoms with van der Waals surface area (Å²) in [5.74, 6) is 2.61. The molecule has 2 unspecified atom stereocenters. The van der Waals surface area contributed by atoms with Crippen LogP contribution in [0, 0.1) is 17.8 Å². The zero-order valence-electron chi connectivity index (χ0n) is 10.9. The first kappa shape index (κ1) is 12.0. The lowest BCUT2D eigenvalue weighted by molar-refractivity contribution is 0.451. The van der Waals surface area contributed by atoms with Gasteiger partial charge in [-0.05, 0) is 49.9 Å². The Morgan fingerprint density at radius 1 is 1.06 bits per heavy atom. The van der Waals surface area contributed by atoms with E-state index >= 15 is 0 Å². The van der Waals surface area contributed by atoms with Crippen LogP contribution in [0.25, 0.3) is 0 Å². The number of hydrogen-bond donors (Lipinski definition) is 0. The van der Waals surface area contributed by atoms with Crippen molar-refractivity contribution in [3.05, 3.63) is 23.8 Å². The first-order valence-corrected chi connectivity index (χ1v) is 7.15. The summed E-state index contributed by atoms with van der Waals surface area (Å²) in [6.07, 6.45) is 17.0. The first-order chi connectivity index (χ1) is 7.79. The van der Waals surface area contributed by atoms with E-state index in [9.17, 15) is 0 Å². The predicted molar refractivity (Wildman–Crippen MR) is 71.4 cm³/mol. The van der Waals surface area contributed by atoms with E-state index < -0.39 is 0 Å². The van der Waals surface area contributed by atoms with Crippen molar-refractivity contribution in [3.63, 3.8) is 0 Å². The zero-order chi connectivity index (χ0) is 11.4. The van der Waals surface area contributed by atoms with Crippen LogP contribution in [0.4, 0.5) is 0 Å². The third-order valence-electron chi connectivity index (χ3n) is 4.38. The monoisotopic (exact) mass is 218 g/mol. The van der Waals surface area contributed by atoms with E-state index in [0.29, 0.717) is 0 Å². The second-order valence-corrected chi connectivity index (χ2v) is 5.86. The average molecular weight is 218 g/mol. The smallest absolute Gasteiger partial charge is 0.0174 e. The van der Waals surface area contributed by atoms with Gasteiger partial charge in [0.2, 0.25) is 0 Å². The van der Waals surface area contributed by atoms with Gasteiger partial charge in [0.15, 0.2) is 0 Å². The van der Waals surface area contributed by atoms with Crippen LogP contribution in [0.3, 0.4) is 0 Å². The summed E-state index contributed by atoms with van der Waals surface area (Å²) in [7, 11) is 0. The molecule has 0 bridgehead atoms. The second kappa shape index (κ2) is 5.70. The van der Waals surface area contributed by atoms with Crippen molar-refractivity contribution < 1.29 is 0 Å². The molecule has 0 spiro atoms. The normalized spacial score (nSPS) is 31.3. The Morgan fingerprint density at radius 3 is 2.75 bits per heavy atom. The van der Waals surface area contributed by atoms with E-state index in [-0.39, 0.29) is 0 Å². The molecule has 0 aromatic rings. The molecule has 0 aromatic heterocycles. The summed E-state index contributed by atoms with van der Waals surface area (Å²) in [6.45, 7) is 4.77. The van der Waals surface area contributed by atoms with Crippen LogP contribution in [0.2, 0.25) is 0 Å². The van der Waals surface area contributed by atoms with Crippen molar-refractivity contribution in [2.75, 3.05) is 0 Å². The van der Waals surface area contributed by atoms with Crippen LogP contribution < -0.4 is 0 Å². The fourth-order valence-electron chi connectivity index (χ4n) is 3.41. The Morgan fingerprint density at radius 2 is 1.94 bits per heavy atom. The van der Waals surface area contributed by atoms with Crippen molar-refractivity contribution in [1.82, 2.24) is 0 Å². The lowest BCUT2D eigenvalue weighted by atomic mass is 9.85. The molecule has 2 aliphatic carbocycles. The number of rotatable bonds is 1. The standard InChI is InChI=1S/C16H26/c1-13(2)15-12-11-14-9-7-5-3-4-6-8-10-16(14)15/h6,8,10,13-15H,3-5,7,9,11-12H2,1-2H3. The molecule has 0 radical (unpaired) electrons. The van der Waals surface area contributed by atoms with Crippen LogP contribution in [0.5, 0.6) is 0 Å². The molecule has 2 rings (SSSR count). The SMILES string of the molecule is CC(C)C1CCC2CCCCCC=CC=C21. The van der Waals surface area contributed by atoms with Gasteiger partial charge in [0.25, 0.3) is 0 Å².